The van der Waals surface area contributed by atoms with E-state index in [2.05, 4.69) is 191 Å². The summed E-state index contributed by atoms with van der Waals surface area (Å²) in [7, 11) is 0. The molecule has 0 fully saturated rings. The third kappa shape index (κ3) is 4.38. The first-order chi connectivity index (χ1) is 25.3. The fourth-order valence-electron chi connectivity index (χ4n) is 8.12. The van der Waals surface area contributed by atoms with Gasteiger partial charge in [-0.1, -0.05) is 133 Å². The number of hydrogen-bond donors (Lipinski definition) is 0. The van der Waals surface area contributed by atoms with E-state index in [1.807, 2.05) is 11.8 Å². The highest BCUT2D eigenvalue weighted by Crippen LogP contribution is 2.47. The highest BCUT2D eigenvalue weighted by atomic mass is 32.2. The van der Waals surface area contributed by atoms with Gasteiger partial charge in [-0.2, -0.15) is 0 Å². The largest absolute Gasteiger partial charge is 0.309 e. The number of para-hydroxylation sites is 2. The summed E-state index contributed by atoms with van der Waals surface area (Å²) in [4.78, 5) is 2.61. The summed E-state index contributed by atoms with van der Waals surface area (Å²) in [6, 6.07) is 66.7. The van der Waals surface area contributed by atoms with Gasteiger partial charge >= 0.3 is 0 Å². The first kappa shape index (κ1) is 28.5. The van der Waals surface area contributed by atoms with Crippen molar-refractivity contribution in [1.82, 2.24) is 9.13 Å². The Morgan fingerprint density at radius 1 is 0.314 bits per heavy atom. The number of nitrogens with zero attached hydrogens (tertiary/aromatic N) is 2. The van der Waals surface area contributed by atoms with Crippen LogP contribution in [0.25, 0.3) is 88.4 Å². The normalized spacial score (nSPS) is 12.2. The predicted octanol–water partition coefficient (Wildman–Crippen LogP) is 13.3. The quantitative estimate of drug-likeness (QED) is 0.182. The summed E-state index contributed by atoms with van der Waals surface area (Å²) in [6.45, 7) is 0. The highest BCUT2D eigenvalue weighted by molar-refractivity contribution is 7.99. The second-order valence-corrected chi connectivity index (χ2v) is 14.5. The molecule has 0 N–H and O–H groups in total. The third-order valence-corrected chi connectivity index (χ3v) is 11.6. The highest BCUT2D eigenvalue weighted by Gasteiger charge is 2.23. The van der Waals surface area contributed by atoms with E-state index in [-0.39, 0.29) is 0 Å². The fraction of sp³-hybridized carbons (Fsp3) is 0. The van der Waals surface area contributed by atoms with Crippen LogP contribution in [0.1, 0.15) is 0 Å². The van der Waals surface area contributed by atoms with Crippen molar-refractivity contribution in [2.24, 2.45) is 0 Å². The lowest BCUT2D eigenvalue weighted by molar-refractivity contribution is 1.09. The Hall–Kier alpha value is -6.29. The molecule has 51 heavy (non-hydrogen) atoms. The average molecular weight is 667 g/mol. The molecule has 3 heteroatoms. The molecule has 10 aromatic rings. The number of hydrogen-bond acceptors (Lipinski definition) is 1. The van der Waals surface area contributed by atoms with Crippen LogP contribution in [0.5, 0.6) is 0 Å². The molecule has 0 saturated heterocycles. The van der Waals surface area contributed by atoms with Crippen molar-refractivity contribution in [1.29, 1.82) is 0 Å². The van der Waals surface area contributed by atoms with Crippen LogP contribution in [-0.4, -0.2) is 9.13 Å². The standard InChI is InChI=1S/C48H30N2S/c1-3-10-31(11-4-1)34-21-26-42-40(28-34)41-29-35(32-12-5-2-6-13-32)22-27-43(41)49(42)37-23-18-33(19-24-37)36-20-25-38-39-14-9-17-47-48(39)50(45(38)30-36)44-15-7-8-16-46(44)51-47/h1-30H. The van der Waals surface area contributed by atoms with Gasteiger partial charge in [0.05, 0.1) is 27.8 Å². The summed E-state index contributed by atoms with van der Waals surface area (Å²) >= 11 is 1.87. The lowest BCUT2D eigenvalue weighted by Gasteiger charge is -2.19. The van der Waals surface area contributed by atoms with Gasteiger partial charge in [-0.15, -0.1) is 0 Å². The van der Waals surface area contributed by atoms with Gasteiger partial charge in [0.1, 0.15) is 0 Å². The summed E-state index contributed by atoms with van der Waals surface area (Å²) in [6.07, 6.45) is 0. The van der Waals surface area contributed by atoms with Gasteiger partial charge in [-0.25, -0.2) is 0 Å². The number of aromatic nitrogens is 2. The number of benzene rings is 8. The topological polar surface area (TPSA) is 9.86 Å². The van der Waals surface area contributed by atoms with Crippen LogP contribution in [0.15, 0.2) is 192 Å². The molecule has 238 valence electrons. The maximum absolute atomic E-state index is 2.47. The molecule has 0 unspecified atom stereocenters. The van der Waals surface area contributed by atoms with Gasteiger partial charge in [0.2, 0.25) is 0 Å². The molecule has 2 nitrogen and oxygen atoms in total. The lowest BCUT2D eigenvalue weighted by atomic mass is 10.0. The van der Waals surface area contributed by atoms with Gasteiger partial charge in [0, 0.05) is 37.0 Å². The van der Waals surface area contributed by atoms with Crippen molar-refractivity contribution in [3.05, 3.63) is 182 Å². The molecule has 0 atom stereocenters. The van der Waals surface area contributed by atoms with Gasteiger partial charge in [-0.3, -0.25) is 0 Å². The molecule has 8 aromatic carbocycles. The molecule has 2 aromatic heterocycles. The third-order valence-electron chi connectivity index (χ3n) is 10.5. The monoisotopic (exact) mass is 666 g/mol. The second-order valence-electron chi connectivity index (χ2n) is 13.4. The zero-order chi connectivity index (χ0) is 33.5. The van der Waals surface area contributed by atoms with Crippen molar-refractivity contribution in [2.45, 2.75) is 9.79 Å². The molecule has 0 bridgehead atoms. The van der Waals surface area contributed by atoms with Crippen molar-refractivity contribution in [3.63, 3.8) is 0 Å². The average Bonchev–Trinajstić information content (AvgIpc) is 3.71. The van der Waals surface area contributed by atoms with Crippen molar-refractivity contribution in [3.8, 4) is 44.8 Å². The summed E-state index contributed by atoms with van der Waals surface area (Å²) in [5.41, 5.74) is 14.7. The molecule has 0 radical (unpaired) electrons. The summed E-state index contributed by atoms with van der Waals surface area (Å²) in [5.74, 6) is 0. The van der Waals surface area contributed by atoms with E-state index in [4.69, 9.17) is 0 Å². The zero-order valence-electron chi connectivity index (χ0n) is 27.6. The molecule has 0 saturated carbocycles. The van der Waals surface area contributed by atoms with Crippen LogP contribution >= 0.6 is 11.8 Å². The van der Waals surface area contributed by atoms with E-state index in [0.29, 0.717) is 0 Å². The predicted molar refractivity (Wildman–Crippen MR) is 216 cm³/mol. The first-order valence-electron chi connectivity index (χ1n) is 17.4. The molecular formula is C48H30N2S. The van der Waals surface area contributed by atoms with Crippen LogP contribution in [-0.2, 0) is 0 Å². The Morgan fingerprint density at radius 2 is 0.863 bits per heavy atom. The summed E-state index contributed by atoms with van der Waals surface area (Å²) < 4.78 is 4.89. The minimum absolute atomic E-state index is 1.15. The van der Waals surface area contributed by atoms with E-state index in [1.54, 1.807) is 0 Å². The van der Waals surface area contributed by atoms with Gasteiger partial charge < -0.3 is 9.13 Å². The SMILES string of the molecule is c1ccc(-c2ccc3c(c2)c2cc(-c4ccccc4)ccc2n3-c2ccc(-c3ccc4c5cccc6c5n(c4c3)-c3ccccc3S6)cc2)cc1. The number of rotatable bonds is 4. The van der Waals surface area contributed by atoms with E-state index >= 15 is 0 Å². The zero-order valence-corrected chi connectivity index (χ0v) is 28.4. The van der Waals surface area contributed by atoms with Crippen LogP contribution < -0.4 is 0 Å². The maximum Gasteiger partial charge on any atom is 0.0681 e. The second kappa shape index (κ2) is 11.1. The smallest absolute Gasteiger partial charge is 0.0681 e. The van der Waals surface area contributed by atoms with Gasteiger partial charge in [0.25, 0.3) is 0 Å². The molecule has 0 aliphatic carbocycles. The molecule has 0 spiro atoms. The van der Waals surface area contributed by atoms with Crippen molar-refractivity contribution >= 4 is 55.4 Å². The maximum atomic E-state index is 2.47. The molecule has 1 aliphatic heterocycles. The first-order valence-corrected chi connectivity index (χ1v) is 18.2. The van der Waals surface area contributed by atoms with E-state index < -0.39 is 0 Å². The van der Waals surface area contributed by atoms with Crippen LogP contribution in [0.2, 0.25) is 0 Å². The number of fused-ring (bicyclic) bond motifs is 8. The van der Waals surface area contributed by atoms with Gasteiger partial charge in [-0.05, 0) is 94.0 Å². The molecular weight excluding hydrogens is 637 g/mol. The van der Waals surface area contributed by atoms with E-state index in [9.17, 15) is 0 Å². The molecule has 3 heterocycles. The van der Waals surface area contributed by atoms with Crippen molar-refractivity contribution < 1.29 is 0 Å². The molecule has 11 rings (SSSR count). The lowest BCUT2D eigenvalue weighted by Crippen LogP contribution is -2.01. The Kier molecular flexibility index (Phi) is 6.22. The van der Waals surface area contributed by atoms with Crippen LogP contribution in [0.3, 0.4) is 0 Å². The van der Waals surface area contributed by atoms with Crippen LogP contribution in [0, 0.1) is 0 Å². The fourth-order valence-corrected chi connectivity index (χ4v) is 9.21. The Bertz CT molecular complexity index is 2870. The molecule has 1 aliphatic rings. The van der Waals surface area contributed by atoms with E-state index in [0.717, 1.165) is 5.69 Å². The Balaban J connectivity index is 1.06. The van der Waals surface area contributed by atoms with E-state index in [1.165, 1.54) is 92.5 Å². The minimum Gasteiger partial charge on any atom is -0.309 e. The summed E-state index contributed by atoms with van der Waals surface area (Å²) in [5, 5.41) is 5.11. The Morgan fingerprint density at radius 3 is 1.55 bits per heavy atom. The Labute approximate surface area is 299 Å². The minimum atomic E-state index is 1.15. The van der Waals surface area contributed by atoms with Crippen molar-refractivity contribution in [2.75, 3.05) is 0 Å². The van der Waals surface area contributed by atoms with Crippen LogP contribution in [0.4, 0.5) is 0 Å². The van der Waals surface area contributed by atoms with Gasteiger partial charge in [0.15, 0.2) is 0 Å². The molecule has 0 amide bonds.